The normalized spacial score (nSPS) is 16.4. The van der Waals surface area contributed by atoms with E-state index in [4.69, 9.17) is 4.74 Å². The minimum absolute atomic E-state index is 0.253. The number of halogens is 1. The Morgan fingerprint density at radius 1 is 1.22 bits per heavy atom. The second kappa shape index (κ2) is 8.99. The molecule has 1 aliphatic heterocycles. The highest BCUT2D eigenvalue weighted by Crippen LogP contribution is 2.12. The minimum Gasteiger partial charge on any atom is -0.444 e. The molecule has 0 aromatic heterocycles. The van der Waals surface area contributed by atoms with Crippen LogP contribution in [-0.2, 0) is 20.5 Å². The lowest BCUT2D eigenvalue weighted by molar-refractivity contribution is 0.0147. The molecule has 1 aromatic rings. The van der Waals surface area contributed by atoms with Gasteiger partial charge in [-0.25, -0.2) is 22.3 Å². The molecule has 1 amide bonds. The summed E-state index contributed by atoms with van der Waals surface area (Å²) in [5.74, 6) is -0.706. The monoisotopic (exact) mass is 401 g/mol. The molecular formula is C18H28FN3O4S. The molecule has 1 aliphatic rings. The fourth-order valence-corrected chi connectivity index (χ4v) is 3.86. The predicted octanol–water partition coefficient (Wildman–Crippen LogP) is 1.80. The lowest BCUT2D eigenvalue weighted by atomic mass is 10.2. The van der Waals surface area contributed by atoms with E-state index in [0.717, 1.165) is 0 Å². The van der Waals surface area contributed by atoms with Crippen LogP contribution in [0.4, 0.5) is 9.18 Å². The highest BCUT2D eigenvalue weighted by Gasteiger charge is 2.25. The summed E-state index contributed by atoms with van der Waals surface area (Å²) < 4.78 is 45.3. The zero-order chi connectivity index (χ0) is 20.1. The second-order valence-electron chi connectivity index (χ2n) is 7.59. The topological polar surface area (TPSA) is 79.0 Å². The van der Waals surface area contributed by atoms with E-state index in [1.54, 1.807) is 11.0 Å². The van der Waals surface area contributed by atoms with Crippen molar-refractivity contribution in [2.75, 3.05) is 39.3 Å². The van der Waals surface area contributed by atoms with E-state index < -0.39 is 21.4 Å². The predicted molar refractivity (Wildman–Crippen MR) is 101 cm³/mol. The third kappa shape index (κ3) is 7.82. The smallest absolute Gasteiger partial charge is 0.410 e. The second-order valence-corrected chi connectivity index (χ2v) is 9.40. The van der Waals surface area contributed by atoms with E-state index in [0.29, 0.717) is 38.3 Å². The molecule has 1 saturated heterocycles. The van der Waals surface area contributed by atoms with E-state index >= 15 is 0 Å². The maximum absolute atomic E-state index is 13.2. The third-order valence-corrected chi connectivity index (χ3v) is 5.38. The van der Waals surface area contributed by atoms with Gasteiger partial charge in [-0.3, -0.25) is 4.90 Å². The Balaban J connectivity index is 1.71. The van der Waals surface area contributed by atoms with Gasteiger partial charge in [0.15, 0.2) is 0 Å². The van der Waals surface area contributed by atoms with Crippen molar-refractivity contribution in [3.05, 3.63) is 35.6 Å². The van der Waals surface area contributed by atoms with Gasteiger partial charge in [0.25, 0.3) is 0 Å². The van der Waals surface area contributed by atoms with Crippen LogP contribution >= 0.6 is 0 Å². The Labute approximate surface area is 160 Å². The van der Waals surface area contributed by atoms with Gasteiger partial charge >= 0.3 is 6.09 Å². The van der Waals surface area contributed by atoms with Gasteiger partial charge in [0, 0.05) is 39.3 Å². The van der Waals surface area contributed by atoms with Gasteiger partial charge in [-0.15, -0.1) is 0 Å². The van der Waals surface area contributed by atoms with Crippen molar-refractivity contribution >= 4 is 16.1 Å². The van der Waals surface area contributed by atoms with E-state index in [2.05, 4.69) is 9.62 Å². The third-order valence-electron chi connectivity index (χ3n) is 4.02. The van der Waals surface area contributed by atoms with Crippen LogP contribution in [0.1, 0.15) is 26.3 Å². The van der Waals surface area contributed by atoms with Crippen molar-refractivity contribution in [1.29, 1.82) is 0 Å². The van der Waals surface area contributed by atoms with Gasteiger partial charge in [-0.05, 0) is 38.5 Å². The summed E-state index contributed by atoms with van der Waals surface area (Å²) in [4.78, 5) is 15.8. The number of rotatable bonds is 6. The molecule has 1 aromatic carbocycles. The van der Waals surface area contributed by atoms with Gasteiger partial charge < -0.3 is 9.64 Å². The quantitative estimate of drug-likeness (QED) is 0.786. The summed E-state index contributed by atoms with van der Waals surface area (Å²) >= 11 is 0. The van der Waals surface area contributed by atoms with Crippen LogP contribution in [0.3, 0.4) is 0 Å². The van der Waals surface area contributed by atoms with Crippen LogP contribution < -0.4 is 4.72 Å². The summed E-state index contributed by atoms with van der Waals surface area (Å²) in [6.07, 6.45) is -0.321. The summed E-state index contributed by atoms with van der Waals surface area (Å²) in [7, 11) is -3.52. The zero-order valence-electron chi connectivity index (χ0n) is 16.1. The number of nitrogens with one attached hydrogen (secondary N) is 1. The Morgan fingerprint density at radius 2 is 1.89 bits per heavy atom. The molecule has 27 heavy (non-hydrogen) atoms. The molecule has 1 fully saturated rings. The largest absolute Gasteiger partial charge is 0.444 e. The van der Waals surface area contributed by atoms with Crippen molar-refractivity contribution in [3.8, 4) is 0 Å². The van der Waals surface area contributed by atoms with Crippen LogP contribution in [0.25, 0.3) is 0 Å². The van der Waals surface area contributed by atoms with Gasteiger partial charge in [0.05, 0.1) is 5.75 Å². The molecule has 0 radical (unpaired) electrons. The van der Waals surface area contributed by atoms with E-state index in [1.165, 1.54) is 18.2 Å². The molecule has 0 saturated carbocycles. The van der Waals surface area contributed by atoms with Crippen LogP contribution in [0, 0.1) is 5.82 Å². The lowest BCUT2D eigenvalue weighted by Gasteiger charge is -2.35. The first kappa shape index (κ1) is 21.6. The van der Waals surface area contributed by atoms with E-state index in [9.17, 15) is 17.6 Å². The SMILES string of the molecule is CC(C)(C)OC(=O)N1CCN(CCNS(=O)(=O)Cc2cccc(F)c2)CC1. The fourth-order valence-electron chi connectivity index (χ4n) is 2.74. The van der Waals surface area contributed by atoms with Crippen molar-refractivity contribution in [3.63, 3.8) is 0 Å². The number of sulfonamides is 1. The number of carbonyl (C=O) groups excluding carboxylic acids is 1. The lowest BCUT2D eigenvalue weighted by Crippen LogP contribution is -2.51. The Morgan fingerprint density at radius 3 is 2.48 bits per heavy atom. The molecule has 0 unspecified atom stereocenters. The zero-order valence-corrected chi connectivity index (χ0v) is 16.9. The van der Waals surface area contributed by atoms with Gasteiger partial charge in [-0.2, -0.15) is 0 Å². The van der Waals surface area contributed by atoms with E-state index in [1.807, 2.05) is 20.8 Å². The number of nitrogens with zero attached hydrogens (tertiary/aromatic N) is 2. The van der Waals surface area contributed by atoms with Crippen molar-refractivity contribution in [1.82, 2.24) is 14.5 Å². The number of benzene rings is 1. The van der Waals surface area contributed by atoms with Crippen LogP contribution in [0.5, 0.6) is 0 Å². The maximum atomic E-state index is 13.2. The molecule has 7 nitrogen and oxygen atoms in total. The average Bonchev–Trinajstić information content (AvgIpc) is 2.53. The van der Waals surface area contributed by atoms with Crippen molar-refractivity contribution in [2.24, 2.45) is 0 Å². The number of hydrogen-bond acceptors (Lipinski definition) is 5. The van der Waals surface area contributed by atoms with Crippen molar-refractivity contribution in [2.45, 2.75) is 32.1 Å². The fraction of sp³-hybridized carbons (Fsp3) is 0.611. The van der Waals surface area contributed by atoms with Crippen LogP contribution in [0.15, 0.2) is 24.3 Å². The molecule has 0 spiro atoms. The van der Waals surface area contributed by atoms with Crippen LogP contribution in [0.2, 0.25) is 0 Å². The van der Waals surface area contributed by atoms with Crippen molar-refractivity contribution < 1.29 is 22.3 Å². The first-order valence-electron chi connectivity index (χ1n) is 8.96. The summed E-state index contributed by atoms with van der Waals surface area (Å²) in [6.45, 7) is 8.71. The molecular weight excluding hydrogens is 373 g/mol. The summed E-state index contributed by atoms with van der Waals surface area (Å²) in [6, 6.07) is 5.57. The number of piperazine rings is 1. The molecule has 1 heterocycles. The molecule has 0 bridgehead atoms. The van der Waals surface area contributed by atoms with Crippen LogP contribution in [-0.4, -0.2) is 69.2 Å². The Hall–Kier alpha value is -1.71. The molecule has 0 atom stereocenters. The summed E-state index contributed by atoms with van der Waals surface area (Å²) in [5, 5.41) is 0. The van der Waals surface area contributed by atoms with E-state index in [-0.39, 0.29) is 18.4 Å². The highest BCUT2D eigenvalue weighted by molar-refractivity contribution is 7.88. The van der Waals surface area contributed by atoms with Gasteiger partial charge in [0.2, 0.25) is 10.0 Å². The number of carbonyl (C=O) groups is 1. The maximum Gasteiger partial charge on any atom is 0.410 e. The molecule has 152 valence electrons. The molecule has 2 rings (SSSR count). The molecule has 9 heteroatoms. The minimum atomic E-state index is -3.52. The first-order valence-corrected chi connectivity index (χ1v) is 10.6. The Kier molecular flexibility index (Phi) is 7.19. The standard InChI is InChI=1S/C18H28FN3O4S/c1-18(2,3)26-17(23)22-11-9-21(10-12-22)8-7-20-27(24,25)14-15-5-4-6-16(19)13-15/h4-6,13,20H,7-12,14H2,1-3H3. The van der Waals surface area contributed by atoms with Gasteiger partial charge in [0.1, 0.15) is 11.4 Å². The Bertz CT molecular complexity index is 741. The number of ether oxygens (including phenoxy) is 1. The highest BCUT2D eigenvalue weighted by atomic mass is 32.2. The average molecular weight is 402 g/mol. The molecule has 0 aliphatic carbocycles. The molecule has 1 N–H and O–H groups in total. The first-order chi connectivity index (χ1) is 12.5. The number of hydrogen-bond donors (Lipinski definition) is 1. The number of amides is 1. The van der Waals surface area contributed by atoms with Gasteiger partial charge in [-0.1, -0.05) is 12.1 Å². The summed E-state index contributed by atoms with van der Waals surface area (Å²) in [5.41, 5.74) is -0.109.